The predicted octanol–water partition coefficient (Wildman–Crippen LogP) is 5.52. The van der Waals surface area contributed by atoms with Gasteiger partial charge in [-0.05, 0) is 41.3 Å². The van der Waals surface area contributed by atoms with Gasteiger partial charge in [0.05, 0.1) is 37.7 Å². The lowest BCUT2D eigenvalue weighted by Gasteiger charge is -2.22. The number of benzene rings is 3. The first-order valence-electron chi connectivity index (χ1n) is 12.2. The second-order valence-electron chi connectivity index (χ2n) is 9.13. The van der Waals surface area contributed by atoms with Crippen LogP contribution in [0.25, 0.3) is 10.9 Å². The van der Waals surface area contributed by atoms with Gasteiger partial charge < -0.3 is 24.6 Å². The van der Waals surface area contributed by atoms with E-state index in [0.717, 1.165) is 5.56 Å². The molecular weight excluding hydrogens is 502 g/mol. The molecule has 0 spiro atoms. The summed E-state index contributed by atoms with van der Waals surface area (Å²) in [6, 6.07) is 13.9. The van der Waals surface area contributed by atoms with Crippen LogP contribution in [-0.2, 0) is 0 Å². The van der Waals surface area contributed by atoms with Crippen molar-refractivity contribution in [3.05, 3.63) is 93.2 Å². The molecule has 10 heteroatoms. The summed E-state index contributed by atoms with van der Waals surface area (Å²) in [5.41, 5.74) is 1.83. The van der Waals surface area contributed by atoms with E-state index in [1.54, 1.807) is 6.07 Å². The van der Waals surface area contributed by atoms with E-state index >= 15 is 0 Å². The highest BCUT2D eigenvalue weighted by Gasteiger charge is 2.28. The predicted molar refractivity (Wildman–Crippen MR) is 146 cm³/mol. The molecule has 39 heavy (non-hydrogen) atoms. The number of hydrogen-bond donors (Lipinski definition) is 2. The first kappa shape index (κ1) is 27.2. The number of carbonyl (C=O) groups is 1. The molecule has 1 amide bonds. The molecule has 1 heterocycles. The van der Waals surface area contributed by atoms with Gasteiger partial charge in [-0.3, -0.25) is 19.9 Å². The molecule has 1 aromatic heterocycles. The molecule has 0 radical (unpaired) electrons. The molecule has 0 fully saturated rings. The normalized spacial score (nSPS) is 11.7. The molecule has 0 aliphatic carbocycles. The number of pyridine rings is 1. The summed E-state index contributed by atoms with van der Waals surface area (Å²) in [5, 5.41) is 26.3. The van der Waals surface area contributed by atoms with Gasteiger partial charge in [0.2, 0.25) is 5.75 Å². The van der Waals surface area contributed by atoms with Crippen LogP contribution in [0.5, 0.6) is 23.0 Å². The van der Waals surface area contributed by atoms with Crippen LogP contribution in [0.3, 0.4) is 0 Å². The highest BCUT2D eigenvalue weighted by molar-refractivity contribution is 5.97. The largest absolute Gasteiger partial charge is 0.505 e. The van der Waals surface area contributed by atoms with Crippen molar-refractivity contribution in [3.8, 4) is 23.0 Å². The lowest BCUT2D eigenvalue weighted by molar-refractivity contribution is -0.383. The second-order valence-corrected chi connectivity index (χ2v) is 9.13. The first-order valence-corrected chi connectivity index (χ1v) is 12.2. The number of nitrogens with one attached hydrogen (secondary N) is 1. The maximum Gasteiger partial charge on any atom is 0.279 e. The van der Waals surface area contributed by atoms with E-state index in [4.69, 9.17) is 14.2 Å². The number of hydrogen-bond acceptors (Lipinski definition) is 8. The van der Waals surface area contributed by atoms with E-state index < -0.39 is 16.9 Å². The van der Waals surface area contributed by atoms with Crippen LogP contribution in [0.1, 0.15) is 52.9 Å². The fourth-order valence-corrected chi connectivity index (χ4v) is 4.44. The number of aromatic hydroxyl groups is 1. The van der Waals surface area contributed by atoms with Crippen LogP contribution in [0.2, 0.25) is 0 Å². The summed E-state index contributed by atoms with van der Waals surface area (Å²) < 4.78 is 16.1. The third kappa shape index (κ3) is 5.26. The maximum atomic E-state index is 13.6. The van der Waals surface area contributed by atoms with Gasteiger partial charge in [0.15, 0.2) is 11.5 Å². The number of nitro groups is 1. The molecule has 0 aliphatic heterocycles. The zero-order chi connectivity index (χ0) is 28.3. The van der Waals surface area contributed by atoms with Gasteiger partial charge in [-0.2, -0.15) is 0 Å². The van der Waals surface area contributed by atoms with Gasteiger partial charge in [-0.15, -0.1) is 0 Å². The molecule has 1 unspecified atom stereocenters. The Bertz CT molecular complexity index is 1510. The zero-order valence-corrected chi connectivity index (χ0v) is 22.2. The molecule has 10 nitrogen and oxygen atoms in total. The van der Waals surface area contributed by atoms with Crippen LogP contribution < -0.4 is 19.5 Å². The molecule has 0 saturated heterocycles. The number of methoxy groups -OCH3 is 3. The molecule has 4 rings (SSSR count). The lowest BCUT2D eigenvalue weighted by atomic mass is 9.93. The Labute approximate surface area is 225 Å². The van der Waals surface area contributed by atoms with Crippen molar-refractivity contribution in [2.45, 2.75) is 25.8 Å². The van der Waals surface area contributed by atoms with E-state index in [0.29, 0.717) is 11.3 Å². The summed E-state index contributed by atoms with van der Waals surface area (Å²) in [4.78, 5) is 29.2. The minimum absolute atomic E-state index is 0.0625. The Morgan fingerprint density at radius 1 is 0.974 bits per heavy atom. The van der Waals surface area contributed by atoms with E-state index in [-0.39, 0.29) is 50.9 Å². The molecule has 1 atom stereocenters. The Balaban J connectivity index is 1.89. The number of phenols is 1. The number of rotatable bonds is 9. The first-order chi connectivity index (χ1) is 18.7. The fourth-order valence-electron chi connectivity index (χ4n) is 4.44. The number of fused-ring (bicyclic) bond motifs is 1. The zero-order valence-electron chi connectivity index (χ0n) is 22.2. The van der Waals surface area contributed by atoms with E-state index in [1.165, 1.54) is 51.8 Å². The van der Waals surface area contributed by atoms with Gasteiger partial charge in [0, 0.05) is 23.4 Å². The van der Waals surface area contributed by atoms with Gasteiger partial charge in [0.25, 0.3) is 11.6 Å². The van der Waals surface area contributed by atoms with Crippen molar-refractivity contribution in [1.29, 1.82) is 0 Å². The van der Waals surface area contributed by atoms with Gasteiger partial charge in [-0.1, -0.05) is 38.1 Å². The molecule has 0 bridgehead atoms. The van der Waals surface area contributed by atoms with Crippen molar-refractivity contribution in [1.82, 2.24) is 10.3 Å². The van der Waals surface area contributed by atoms with Crippen molar-refractivity contribution < 1.29 is 29.0 Å². The molecule has 202 valence electrons. The third-order valence-corrected chi connectivity index (χ3v) is 6.52. The number of amides is 1. The Hall–Kier alpha value is -4.86. The summed E-state index contributed by atoms with van der Waals surface area (Å²) in [7, 11) is 4.34. The highest BCUT2D eigenvalue weighted by Crippen LogP contribution is 2.41. The average molecular weight is 532 g/mol. The maximum absolute atomic E-state index is 13.6. The van der Waals surface area contributed by atoms with E-state index in [2.05, 4.69) is 24.1 Å². The van der Waals surface area contributed by atoms with Crippen molar-refractivity contribution in [2.24, 2.45) is 0 Å². The summed E-state index contributed by atoms with van der Waals surface area (Å²) in [6.07, 6.45) is 1.44. The van der Waals surface area contributed by atoms with Crippen LogP contribution in [0, 0.1) is 10.1 Å². The molecule has 0 saturated carbocycles. The van der Waals surface area contributed by atoms with Crippen molar-refractivity contribution in [2.75, 3.05) is 21.3 Å². The topological polar surface area (TPSA) is 133 Å². The minimum Gasteiger partial charge on any atom is -0.505 e. The Kier molecular flexibility index (Phi) is 7.85. The van der Waals surface area contributed by atoms with Crippen LogP contribution >= 0.6 is 0 Å². The number of aromatic nitrogens is 1. The van der Waals surface area contributed by atoms with Gasteiger partial charge >= 0.3 is 0 Å². The third-order valence-electron chi connectivity index (χ3n) is 6.52. The number of nitro benzene ring substituents is 1. The quantitative estimate of drug-likeness (QED) is 0.213. The number of phenolic OH excluding ortho intramolecular Hbond substituents is 1. The molecule has 4 aromatic rings. The van der Waals surface area contributed by atoms with E-state index in [9.17, 15) is 20.0 Å². The van der Waals surface area contributed by atoms with Crippen molar-refractivity contribution in [3.63, 3.8) is 0 Å². The van der Waals surface area contributed by atoms with Crippen LogP contribution in [0.15, 0.2) is 60.8 Å². The molecule has 3 aromatic carbocycles. The lowest BCUT2D eigenvalue weighted by Crippen LogP contribution is -2.29. The van der Waals surface area contributed by atoms with Crippen LogP contribution in [0.4, 0.5) is 5.69 Å². The molecule has 0 aliphatic rings. The Morgan fingerprint density at radius 2 is 1.59 bits per heavy atom. The second kappa shape index (κ2) is 11.3. The van der Waals surface area contributed by atoms with Crippen LogP contribution in [-0.4, -0.2) is 42.3 Å². The van der Waals surface area contributed by atoms with Gasteiger partial charge in [-0.25, -0.2) is 0 Å². The fraction of sp³-hybridized carbons (Fsp3) is 0.241. The number of ether oxygens (including phenoxy) is 3. The van der Waals surface area contributed by atoms with E-state index in [1.807, 2.05) is 24.3 Å². The Morgan fingerprint density at radius 3 is 2.13 bits per heavy atom. The number of carbonyl (C=O) groups excluding carboxylic acids is 1. The summed E-state index contributed by atoms with van der Waals surface area (Å²) >= 11 is 0. The molecule has 2 N–H and O–H groups in total. The minimum atomic E-state index is -0.956. The SMILES string of the molecule is COc1cc(C(=O)NC(c2ccc(C(C)C)cc2)c2cc([N+](=O)[O-])c3cccnc3c2O)cc(OC)c1OC. The number of non-ortho nitro benzene ring substituents is 1. The van der Waals surface area contributed by atoms with Gasteiger partial charge in [0.1, 0.15) is 11.3 Å². The summed E-state index contributed by atoms with van der Waals surface area (Å²) in [5.74, 6) is 0.369. The average Bonchev–Trinajstić information content (AvgIpc) is 2.95. The standard InChI is InChI=1S/C29H29N3O7/c1-16(2)17-8-10-18(11-9-17)25(21-15-22(32(35)36)20-7-6-12-30-26(20)27(21)33)31-29(34)19-13-23(37-3)28(39-5)24(14-19)38-4/h6-16,25,33H,1-5H3,(H,31,34). The van der Waals surface area contributed by atoms with Crippen molar-refractivity contribution >= 4 is 22.5 Å². The number of nitrogens with zero attached hydrogens (tertiary/aromatic N) is 2. The summed E-state index contributed by atoms with van der Waals surface area (Å²) in [6.45, 7) is 4.12. The monoisotopic (exact) mass is 531 g/mol. The highest BCUT2D eigenvalue weighted by atomic mass is 16.6. The molecular formula is C29H29N3O7. The smallest absolute Gasteiger partial charge is 0.279 e.